The number of halogens is 3. The number of hydrogen-bond acceptors (Lipinski definition) is 4. The maximum absolute atomic E-state index is 13.0. The van der Waals surface area contributed by atoms with Crippen LogP contribution in [-0.2, 0) is 16.2 Å². The van der Waals surface area contributed by atoms with Gasteiger partial charge in [0, 0.05) is 26.2 Å². The third kappa shape index (κ3) is 6.77. The van der Waals surface area contributed by atoms with Crippen molar-refractivity contribution >= 4 is 16.0 Å². The van der Waals surface area contributed by atoms with Gasteiger partial charge in [-0.25, -0.2) is 12.7 Å². The number of nitrogens with one attached hydrogen (secondary N) is 2. The van der Waals surface area contributed by atoms with Gasteiger partial charge in [0.05, 0.1) is 17.9 Å². The molecule has 1 aliphatic rings. The van der Waals surface area contributed by atoms with Crippen molar-refractivity contribution in [2.24, 2.45) is 4.99 Å². The highest BCUT2D eigenvalue weighted by Gasteiger charge is 2.34. The molecule has 0 atom stereocenters. The van der Waals surface area contributed by atoms with E-state index in [1.807, 2.05) is 0 Å². The van der Waals surface area contributed by atoms with Crippen molar-refractivity contribution in [1.29, 1.82) is 0 Å². The van der Waals surface area contributed by atoms with E-state index in [9.17, 15) is 21.6 Å². The maximum Gasteiger partial charge on any atom is 0.419 e. The fourth-order valence-corrected chi connectivity index (χ4v) is 4.14. The first-order valence-electron chi connectivity index (χ1n) is 9.41. The van der Waals surface area contributed by atoms with Crippen LogP contribution in [-0.4, -0.2) is 63.8 Å². The van der Waals surface area contributed by atoms with Crippen LogP contribution in [0, 0.1) is 0 Å². The second-order valence-corrected chi connectivity index (χ2v) is 8.82. The summed E-state index contributed by atoms with van der Waals surface area (Å²) in [7, 11) is -1.58. The van der Waals surface area contributed by atoms with Gasteiger partial charge in [-0.3, -0.25) is 4.99 Å². The van der Waals surface area contributed by atoms with Crippen LogP contribution < -0.4 is 15.4 Å². The highest BCUT2D eigenvalue weighted by atomic mass is 32.2. The first kappa shape index (κ1) is 23.3. The summed E-state index contributed by atoms with van der Waals surface area (Å²) in [6.45, 7) is 2.81. The molecule has 1 fully saturated rings. The molecule has 0 radical (unpaired) electrons. The lowest BCUT2D eigenvalue weighted by molar-refractivity contribution is -0.138. The third-order valence-electron chi connectivity index (χ3n) is 4.62. The lowest BCUT2D eigenvalue weighted by Gasteiger charge is -2.32. The zero-order chi connectivity index (χ0) is 21.5. The average molecular weight is 437 g/mol. The van der Waals surface area contributed by atoms with E-state index in [0.717, 1.165) is 6.07 Å². The lowest BCUT2D eigenvalue weighted by Crippen LogP contribution is -2.50. The summed E-state index contributed by atoms with van der Waals surface area (Å²) in [5, 5.41) is 6.21. The van der Waals surface area contributed by atoms with E-state index in [4.69, 9.17) is 4.74 Å². The molecule has 11 heteroatoms. The van der Waals surface area contributed by atoms with Crippen molar-refractivity contribution in [2.45, 2.75) is 32.0 Å². The summed E-state index contributed by atoms with van der Waals surface area (Å²) in [5.41, 5.74) is -0.809. The SMILES string of the molecule is CCS(=O)(=O)N1CCC(NC(=NC)NCCOc2ccccc2C(F)(F)F)CC1. The zero-order valence-electron chi connectivity index (χ0n) is 16.5. The summed E-state index contributed by atoms with van der Waals surface area (Å²) < 4.78 is 69.4. The number of sulfonamides is 1. The van der Waals surface area contributed by atoms with Gasteiger partial charge in [0.2, 0.25) is 10.0 Å². The summed E-state index contributed by atoms with van der Waals surface area (Å²) >= 11 is 0. The number of hydrogen-bond donors (Lipinski definition) is 2. The normalized spacial score (nSPS) is 17.2. The van der Waals surface area contributed by atoms with Crippen molar-refractivity contribution in [3.63, 3.8) is 0 Å². The van der Waals surface area contributed by atoms with Crippen LogP contribution in [0.4, 0.5) is 13.2 Å². The molecule has 0 aromatic heterocycles. The van der Waals surface area contributed by atoms with Gasteiger partial charge in [-0.05, 0) is 31.9 Å². The van der Waals surface area contributed by atoms with Gasteiger partial charge < -0.3 is 15.4 Å². The number of ether oxygens (including phenoxy) is 1. The van der Waals surface area contributed by atoms with Gasteiger partial charge in [0.1, 0.15) is 12.4 Å². The van der Waals surface area contributed by atoms with E-state index >= 15 is 0 Å². The molecule has 7 nitrogen and oxygen atoms in total. The van der Waals surface area contributed by atoms with Gasteiger partial charge in [0.25, 0.3) is 0 Å². The quantitative estimate of drug-likeness (QED) is 0.389. The summed E-state index contributed by atoms with van der Waals surface area (Å²) in [4.78, 5) is 4.09. The Balaban J connectivity index is 1.77. The van der Waals surface area contributed by atoms with Crippen molar-refractivity contribution in [1.82, 2.24) is 14.9 Å². The highest BCUT2D eigenvalue weighted by molar-refractivity contribution is 7.89. The van der Waals surface area contributed by atoms with E-state index in [1.54, 1.807) is 14.0 Å². The molecular formula is C18H27F3N4O3S. The number of nitrogens with zero attached hydrogens (tertiary/aromatic N) is 2. The fraction of sp³-hybridized carbons (Fsp3) is 0.611. The predicted octanol–water partition coefficient (Wildman–Crippen LogP) is 2.06. The Bertz CT molecular complexity index is 792. The summed E-state index contributed by atoms with van der Waals surface area (Å²) in [6.07, 6.45) is -3.17. The minimum absolute atomic E-state index is 0.0288. The van der Waals surface area contributed by atoms with E-state index in [2.05, 4.69) is 15.6 Å². The smallest absolute Gasteiger partial charge is 0.419 e. The number of aliphatic imine (C=N–C) groups is 1. The molecule has 1 aromatic rings. The van der Waals surface area contributed by atoms with E-state index in [1.165, 1.54) is 22.5 Å². The zero-order valence-corrected chi connectivity index (χ0v) is 17.3. The second kappa shape index (κ2) is 10.1. The molecule has 0 amide bonds. The molecule has 2 N–H and O–H groups in total. The molecule has 0 bridgehead atoms. The molecular weight excluding hydrogens is 409 g/mol. The van der Waals surface area contributed by atoms with E-state index in [0.29, 0.717) is 31.9 Å². The molecule has 164 valence electrons. The van der Waals surface area contributed by atoms with Crippen LogP contribution in [0.5, 0.6) is 5.75 Å². The predicted molar refractivity (Wildman–Crippen MR) is 105 cm³/mol. The number of guanidine groups is 1. The topological polar surface area (TPSA) is 83.0 Å². The van der Waals surface area contributed by atoms with Crippen LogP contribution in [0.15, 0.2) is 29.3 Å². The Hall–Kier alpha value is -2.01. The lowest BCUT2D eigenvalue weighted by atomic mass is 10.1. The largest absolute Gasteiger partial charge is 0.491 e. The fourth-order valence-electron chi connectivity index (χ4n) is 3.01. The second-order valence-electron chi connectivity index (χ2n) is 6.56. The maximum atomic E-state index is 13.0. The molecule has 0 aliphatic carbocycles. The molecule has 1 heterocycles. The molecule has 29 heavy (non-hydrogen) atoms. The van der Waals surface area contributed by atoms with Crippen LogP contribution in [0.3, 0.4) is 0 Å². The third-order valence-corrected chi connectivity index (χ3v) is 6.50. The molecule has 1 saturated heterocycles. The monoisotopic (exact) mass is 436 g/mol. The Morgan fingerprint density at radius 2 is 1.93 bits per heavy atom. The van der Waals surface area contributed by atoms with Crippen molar-refractivity contribution in [2.75, 3.05) is 39.0 Å². The molecule has 2 rings (SSSR count). The van der Waals surface area contributed by atoms with E-state index in [-0.39, 0.29) is 30.7 Å². The number of alkyl halides is 3. The van der Waals surface area contributed by atoms with Crippen molar-refractivity contribution < 1.29 is 26.3 Å². The van der Waals surface area contributed by atoms with Crippen LogP contribution in [0.2, 0.25) is 0 Å². The molecule has 0 saturated carbocycles. The molecule has 1 aliphatic heterocycles. The van der Waals surface area contributed by atoms with Gasteiger partial charge >= 0.3 is 6.18 Å². The minimum Gasteiger partial charge on any atom is -0.491 e. The minimum atomic E-state index is -4.47. The summed E-state index contributed by atoms with van der Waals surface area (Å²) in [6, 6.07) is 5.14. The van der Waals surface area contributed by atoms with Crippen molar-refractivity contribution in [3.05, 3.63) is 29.8 Å². The highest BCUT2D eigenvalue weighted by Crippen LogP contribution is 2.35. The molecule has 0 unspecified atom stereocenters. The molecule has 0 spiro atoms. The van der Waals surface area contributed by atoms with Crippen molar-refractivity contribution in [3.8, 4) is 5.75 Å². The van der Waals surface area contributed by atoms with Gasteiger partial charge in [0.15, 0.2) is 5.96 Å². The number of piperidine rings is 1. The number of rotatable bonds is 7. The number of benzene rings is 1. The van der Waals surface area contributed by atoms with Crippen LogP contribution >= 0.6 is 0 Å². The standard InChI is InChI=1S/C18H27F3N4O3S/c1-3-29(26,27)25-11-8-14(9-12-25)24-17(22-2)23-10-13-28-16-7-5-4-6-15(16)18(19,20)21/h4-7,14H,3,8-13H2,1-2H3,(H2,22,23,24). The van der Waals surface area contributed by atoms with E-state index < -0.39 is 21.8 Å². The first-order valence-corrected chi connectivity index (χ1v) is 11.0. The summed E-state index contributed by atoms with van der Waals surface area (Å²) in [5.74, 6) is 0.370. The Morgan fingerprint density at radius 3 is 2.52 bits per heavy atom. The van der Waals surface area contributed by atoms with Crippen LogP contribution in [0.25, 0.3) is 0 Å². The van der Waals surface area contributed by atoms with Crippen LogP contribution in [0.1, 0.15) is 25.3 Å². The van der Waals surface area contributed by atoms with Gasteiger partial charge in [-0.2, -0.15) is 13.2 Å². The Morgan fingerprint density at radius 1 is 1.28 bits per heavy atom. The van der Waals surface area contributed by atoms with Gasteiger partial charge in [-0.15, -0.1) is 0 Å². The number of para-hydroxylation sites is 1. The Labute approximate surface area is 169 Å². The van der Waals surface area contributed by atoms with Gasteiger partial charge in [-0.1, -0.05) is 12.1 Å². The Kier molecular flexibility index (Phi) is 8.14. The molecule has 1 aromatic carbocycles. The average Bonchev–Trinajstić information content (AvgIpc) is 2.70. The first-order chi connectivity index (χ1) is 13.7.